The van der Waals surface area contributed by atoms with Crippen molar-refractivity contribution < 1.29 is 14.3 Å². The third-order valence-electron chi connectivity index (χ3n) is 2.69. The Morgan fingerprint density at radius 2 is 2.25 bits per heavy atom. The van der Waals surface area contributed by atoms with E-state index in [-0.39, 0.29) is 12.0 Å². The highest BCUT2D eigenvalue weighted by molar-refractivity contribution is 5.95. The molecule has 1 unspecified atom stereocenters. The van der Waals surface area contributed by atoms with Gasteiger partial charge in [-0.05, 0) is 19.1 Å². The van der Waals surface area contributed by atoms with Gasteiger partial charge in [0.1, 0.15) is 17.6 Å². The van der Waals surface area contributed by atoms with Gasteiger partial charge in [0.2, 0.25) is 5.91 Å². The van der Waals surface area contributed by atoms with Crippen molar-refractivity contribution in [2.75, 3.05) is 19.1 Å². The lowest BCUT2D eigenvalue weighted by Gasteiger charge is -2.16. The molecule has 0 saturated carbocycles. The number of rotatable bonds is 1. The molecule has 4 nitrogen and oxygen atoms in total. The molecular weight excluding hydrogens is 206 g/mol. The van der Waals surface area contributed by atoms with Crippen LogP contribution in [0.3, 0.4) is 0 Å². The normalized spacial score (nSPS) is 19.8. The molecule has 86 valence electrons. The van der Waals surface area contributed by atoms with Gasteiger partial charge in [0.25, 0.3) is 0 Å². The molecule has 0 fully saturated rings. The summed E-state index contributed by atoms with van der Waals surface area (Å²) in [4.78, 5) is 13.4. The number of amides is 1. The van der Waals surface area contributed by atoms with E-state index >= 15 is 0 Å². The minimum absolute atomic E-state index is 0.0551. The van der Waals surface area contributed by atoms with Crippen molar-refractivity contribution in [2.24, 2.45) is 0 Å². The fourth-order valence-corrected chi connectivity index (χ4v) is 1.76. The molecule has 1 amide bonds. The highest BCUT2D eigenvalue weighted by Crippen LogP contribution is 2.35. The number of methoxy groups -OCH3 is 1. The molecule has 1 aromatic rings. The van der Waals surface area contributed by atoms with Crippen LogP contribution in [-0.2, 0) is 4.79 Å². The molecule has 0 bridgehead atoms. The van der Waals surface area contributed by atoms with Gasteiger partial charge in [-0.2, -0.15) is 0 Å². The molecule has 0 aromatic heterocycles. The van der Waals surface area contributed by atoms with E-state index in [0.717, 1.165) is 17.2 Å². The van der Waals surface area contributed by atoms with Crippen LogP contribution in [0.15, 0.2) is 18.2 Å². The van der Waals surface area contributed by atoms with Crippen molar-refractivity contribution in [2.45, 2.75) is 19.4 Å². The van der Waals surface area contributed by atoms with Gasteiger partial charge < -0.3 is 14.4 Å². The van der Waals surface area contributed by atoms with Crippen molar-refractivity contribution in [3.63, 3.8) is 0 Å². The third-order valence-corrected chi connectivity index (χ3v) is 2.69. The van der Waals surface area contributed by atoms with Crippen LogP contribution >= 0.6 is 0 Å². The van der Waals surface area contributed by atoms with Crippen LogP contribution in [0.2, 0.25) is 0 Å². The average molecular weight is 221 g/mol. The van der Waals surface area contributed by atoms with E-state index in [2.05, 4.69) is 0 Å². The van der Waals surface area contributed by atoms with Gasteiger partial charge >= 0.3 is 0 Å². The summed E-state index contributed by atoms with van der Waals surface area (Å²) in [5, 5.41) is 0. The first-order valence-electron chi connectivity index (χ1n) is 5.23. The van der Waals surface area contributed by atoms with Crippen LogP contribution in [0.1, 0.15) is 13.3 Å². The number of carbonyl (C=O) groups is 1. The topological polar surface area (TPSA) is 38.8 Å². The van der Waals surface area contributed by atoms with E-state index < -0.39 is 0 Å². The summed E-state index contributed by atoms with van der Waals surface area (Å²) < 4.78 is 10.8. The number of carbonyl (C=O) groups excluding carboxylic acids is 1. The zero-order valence-corrected chi connectivity index (χ0v) is 9.69. The molecule has 0 spiro atoms. The fraction of sp³-hybridized carbons (Fsp3) is 0.417. The lowest BCUT2D eigenvalue weighted by atomic mass is 10.2. The minimum atomic E-state index is -0.0930. The van der Waals surface area contributed by atoms with Crippen LogP contribution in [0.25, 0.3) is 0 Å². The van der Waals surface area contributed by atoms with Crippen molar-refractivity contribution in [1.82, 2.24) is 0 Å². The summed E-state index contributed by atoms with van der Waals surface area (Å²) in [5.74, 6) is 1.50. The molecule has 1 aliphatic heterocycles. The Balaban J connectivity index is 2.47. The Bertz CT molecular complexity index is 417. The zero-order valence-electron chi connectivity index (χ0n) is 9.69. The van der Waals surface area contributed by atoms with Crippen LogP contribution in [0.4, 0.5) is 5.69 Å². The first-order valence-corrected chi connectivity index (χ1v) is 5.23. The van der Waals surface area contributed by atoms with E-state index in [1.165, 1.54) is 0 Å². The standard InChI is InChI=1S/C12H15NO3/c1-8-6-12(14)13(2)10-7-9(15-3)4-5-11(10)16-8/h4-5,7-8H,6H2,1-3H3. The summed E-state index contributed by atoms with van der Waals surface area (Å²) in [6, 6.07) is 5.47. The molecule has 0 N–H and O–H groups in total. The quantitative estimate of drug-likeness (QED) is 0.726. The molecule has 2 rings (SSSR count). The summed E-state index contributed by atoms with van der Waals surface area (Å²) >= 11 is 0. The smallest absolute Gasteiger partial charge is 0.230 e. The number of anilines is 1. The minimum Gasteiger partial charge on any atom is -0.497 e. The second-order valence-electron chi connectivity index (χ2n) is 3.92. The lowest BCUT2D eigenvalue weighted by molar-refractivity contribution is -0.119. The maximum absolute atomic E-state index is 11.8. The average Bonchev–Trinajstić information content (AvgIpc) is 2.37. The second kappa shape index (κ2) is 4.04. The maximum atomic E-state index is 11.8. The summed E-state index contributed by atoms with van der Waals surface area (Å²) in [6.45, 7) is 1.89. The monoisotopic (exact) mass is 221 g/mol. The number of hydrogen-bond acceptors (Lipinski definition) is 3. The molecule has 1 heterocycles. The molecule has 4 heteroatoms. The SMILES string of the molecule is COc1ccc2c(c1)N(C)C(=O)CC(C)O2. The summed E-state index contributed by atoms with van der Waals surface area (Å²) in [7, 11) is 3.35. The number of hydrogen-bond donors (Lipinski definition) is 0. The van der Waals surface area contributed by atoms with Crippen LogP contribution in [0, 0.1) is 0 Å². The van der Waals surface area contributed by atoms with Crippen LogP contribution in [-0.4, -0.2) is 26.2 Å². The van der Waals surface area contributed by atoms with Crippen LogP contribution < -0.4 is 14.4 Å². The second-order valence-corrected chi connectivity index (χ2v) is 3.92. The predicted octanol–water partition coefficient (Wildman–Crippen LogP) is 1.83. The third kappa shape index (κ3) is 1.83. The highest BCUT2D eigenvalue weighted by Gasteiger charge is 2.24. The summed E-state index contributed by atoms with van der Waals surface area (Å²) in [5.41, 5.74) is 0.758. The predicted molar refractivity (Wildman–Crippen MR) is 61.1 cm³/mol. The lowest BCUT2D eigenvalue weighted by Crippen LogP contribution is -2.27. The zero-order chi connectivity index (χ0) is 11.7. The van der Waals surface area contributed by atoms with E-state index in [9.17, 15) is 4.79 Å². The van der Waals surface area contributed by atoms with Gasteiger partial charge in [-0.25, -0.2) is 0 Å². The first kappa shape index (κ1) is 10.8. The van der Waals surface area contributed by atoms with E-state index in [1.54, 1.807) is 19.1 Å². The number of nitrogens with zero attached hydrogens (tertiary/aromatic N) is 1. The molecule has 0 aliphatic carbocycles. The Kier molecular flexibility index (Phi) is 2.73. The number of benzene rings is 1. The van der Waals surface area contributed by atoms with Crippen molar-refractivity contribution >= 4 is 11.6 Å². The van der Waals surface area contributed by atoms with E-state index in [4.69, 9.17) is 9.47 Å². The molecule has 1 atom stereocenters. The Morgan fingerprint density at radius 3 is 2.94 bits per heavy atom. The van der Waals surface area contributed by atoms with Gasteiger partial charge in [0, 0.05) is 13.1 Å². The van der Waals surface area contributed by atoms with Gasteiger partial charge in [-0.3, -0.25) is 4.79 Å². The summed E-state index contributed by atoms with van der Waals surface area (Å²) in [6.07, 6.45) is 0.303. The molecule has 0 radical (unpaired) electrons. The van der Waals surface area contributed by atoms with Crippen molar-refractivity contribution in [3.8, 4) is 11.5 Å². The van der Waals surface area contributed by atoms with E-state index in [1.807, 2.05) is 25.1 Å². The Morgan fingerprint density at radius 1 is 1.50 bits per heavy atom. The Hall–Kier alpha value is -1.71. The first-order chi connectivity index (χ1) is 7.61. The highest BCUT2D eigenvalue weighted by atomic mass is 16.5. The van der Waals surface area contributed by atoms with Crippen molar-refractivity contribution in [1.29, 1.82) is 0 Å². The maximum Gasteiger partial charge on any atom is 0.230 e. The molecule has 0 saturated heterocycles. The van der Waals surface area contributed by atoms with Gasteiger partial charge in [0.15, 0.2) is 0 Å². The Labute approximate surface area is 94.8 Å². The molecule has 1 aromatic carbocycles. The molecule has 16 heavy (non-hydrogen) atoms. The number of fused-ring (bicyclic) bond motifs is 1. The van der Waals surface area contributed by atoms with Gasteiger partial charge in [-0.15, -0.1) is 0 Å². The van der Waals surface area contributed by atoms with Crippen LogP contribution in [0.5, 0.6) is 11.5 Å². The molecule has 1 aliphatic rings. The van der Waals surface area contributed by atoms with E-state index in [0.29, 0.717) is 6.42 Å². The largest absolute Gasteiger partial charge is 0.497 e. The molecular formula is C12H15NO3. The van der Waals surface area contributed by atoms with Crippen molar-refractivity contribution in [3.05, 3.63) is 18.2 Å². The van der Waals surface area contributed by atoms with Gasteiger partial charge in [0.05, 0.1) is 19.2 Å². The number of ether oxygens (including phenoxy) is 2. The fourth-order valence-electron chi connectivity index (χ4n) is 1.76. The van der Waals surface area contributed by atoms with Gasteiger partial charge in [-0.1, -0.05) is 0 Å².